The van der Waals surface area contributed by atoms with Crippen LogP contribution in [0.15, 0.2) is 52.1 Å². The molecule has 2 aromatic carbocycles. The molecule has 0 radical (unpaired) electrons. The molecule has 5 rings (SSSR count). The number of carbonyl (C=O) groups excluding carboxylic acids is 1. The molecule has 28 heavy (non-hydrogen) atoms. The van der Waals surface area contributed by atoms with Gasteiger partial charge in [-0.1, -0.05) is 18.2 Å². The molecular formula is C21H19N3O4. The predicted octanol–water partition coefficient (Wildman–Crippen LogP) is 1.83. The van der Waals surface area contributed by atoms with Gasteiger partial charge >= 0.3 is 11.1 Å². The maximum Gasteiger partial charge on any atom is 0.314 e. The van der Waals surface area contributed by atoms with Crippen LogP contribution < -0.4 is 15.9 Å². The highest BCUT2D eigenvalue weighted by molar-refractivity contribution is 5.97. The third kappa shape index (κ3) is 2.70. The second-order valence-corrected chi connectivity index (χ2v) is 7.54. The van der Waals surface area contributed by atoms with E-state index in [0.29, 0.717) is 29.7 Å². The third-order valence-electron chi connectivity index (χ3n) is 5.72. The number of nitrogens with one attached hydrogen (secondary N) is 2. The summed E-state index contributed by atoms with van der Waals surface area (Å²) in [5.41, 5.74) is 0.849. The van der Waals surface area contributed by atoms with Gasteiger partial charge in [0.05, 0.1) is 17.6 Å². The lowest BCUT2D eigenvalue weighted by molar-refractivity contribution is 0.0485. The summed E-state index contributed by atoms with van der Waals surface area (Å²) in [6.45, 7) is 1.17. The molecule has 1 saturated heterocycles. The third-order valence-corrected chi connectivity index (χ3v) is 5.72. The number of carbonyl (C=O) groups is 1. The molecule has 1 aromatic heterocycles. The summed E-state index contributed by atoms with van der Waals surface area (Å²) < 4.78 is 6.31. The lowest BCUT2D eigenvalue weighted by atomic mass is 9.90. The van der Waals surface area contributed by atoms with Crippen LogP contribution in [0.5, 0.6) is 5.75 Å². The largest absolute Gasteiger partial charge is 0.485 e. The van der Waals surface area contributed by atoms with Gasteiger partial charge in [-0.05, 0) is 42.7 Å². The molecule has 3 heterocycles. The van der Waals surface area contributed by atoms with Crippen LogP contribution in [0.4, 0.5) is 0 Å². The van der Waals surface area contributed by atoms with Crippen LogP contribution in [-0.2, 0) is 6.42 Å². The first-order valence-corrected chi connectivity index (χ1v) is 9.36. The number of aromatic amines is 2. The standard InChI is InChI=1S/C21H19N3O4/c25-18-19(26)23-16-11-14(5-6-15(16)22-18)20(27)24-10-9-21(12-24)8-7-13-3-1-2-4-17(13)28-21/h1-6,11H,7-10,12H2,(H,22,25)(H,23,26). The molecule has 3 aromatic rings. The van der Waals surface area contributed by atoms with E-state index in [1.807, 2.05) is 18.2 Å². The van der Waals surface area contributed by atoms with Gasteiger partial charge in [0.1, 0.15) is 11.4 Å². The topological polar surface area (TPSA) is 95.3 Å². The molecule has 7 heteroatoms. The van der Waals surface area contributed by atoms with Gasteiger partial charge in [-0.2, -0.15) is 0 Å². The number of likely N-dealkylation sites (tertiary alicyclic amines) is 1. The van der Waals surface area contributed by atoms with Crippen molar-refractivity contribution in [1.82, 2.24) is 14.9 Å². The van der Waals surface area contributed by atoms with E-state index >= 15 is 0 Å². The first kappa shape index (κ1) is 16.8. The normalized spacial score (nSPS) is 20.9. The van der Waals surface area contributed by atoms with Crippen LogP contribution in [0.2, 0.25) is 0 Å². The minimum Gasteiger partial charge on any atom is -0.485 e. The lowest BCUT2D eigenvalue weighted by Gasteiger charge is -2.35. The monoisotopic (exact) mass is 377 g/mol. The molecule has 0 bridgehead atoms. The van der Waals surface area contributed by atoms with Gasteiger partial charge in [-0.3, -0.25) is 14.4 Å². The second kappa shape index (κ2) is 6.09. The Morgan fingerprint density at radius 1 is 1.00 bits per heavy atom. The average Bonchev–Trinajstić information content (AvgIpc) is 3.11. The Labute approximate surface area is 160 Å². The molecule has 2 aliphatic rings. The van der Waals surface area contributed by atoms with Gasteiger partial charge in [0, 0.05) is 18.5 Å². The fourth-order valence-corrected chi connectivity index (χ4v) is 4.19. The van der Waals surface area contributed by atoms with Gasteiger partial charge in [-0.15, -0.1) is 0 Å². The summed E-state index contributed by atoms with van der Waals surface area (Å²) in [5, 5.41) is 0. The number of aryl methyl sites for hydroxylation is 1. The fraction of sp³-hybridized carbons (Fsp3) is 0.286. The lowest BCUT2D eigenvalue weighted by Crippen LogP contribution is -2.43. The van der Waals surface area contributed by atoms with Crippen LogP contribution in [0.1, 0.15) is 28.8 Å². The molecule has 1 spiro atoms. The summed E-state index contributed by atoms with van der Waals surface area (Å²) in [6, 6.07) is 13.0. The van der Waals surface area contributed by atoms with E-state index in [9.17, 15) is 14.4 Å². The number of H-pyrrole nitrogens is 2. The van der Waals surface area contributed by atoms with Gasteiger partial charge in [-0.25, -0.2) is 0 Å². The molecule has 1 unspecified atom stereocenters. The van der Waals surface area contributed by atoms with E-state index < -0.39 is 11.1 Å². The van der Waals surface area contributed by atoms with Crippen molar-refractivity contribution in [3.63, 3.8) is 0 Å². The second-order valence-electron chi connectivity index (χ2n) is 7.54. The van der Waals surface area contributed by atoms with Crippen LogP contribution in [-0.4, -0.2) is 39.5 Å². The number of nitrogens with zero attached hydrogens (tertiary/aromatic N) is 1. The van der Waals surface area contributed by atoms with Crippen LogP contribution >= 0.6 is 0 Å². The van der Waals surface area contributed by atoms with Crippen molar-refractivity contribution in [3.05, 3.63) is 74.3 Å². The number of benzene rings is 2. The molecule has 142 valence electrons. The molecule has 1 atom stereocenters. The number of amides is 1. The Kier molecular flexibility index (Phi) is 3.65. The highest BCUT2D eigenvalue weighted by Crippen LogP contribution is 2.38. The number of hydrogen-bond acceptors (Lipinski definition) is 4. The number of rotatable bonds is 1. The maximum atomic E-state index is 13.0. The summed E-state index contributed by atoms with van der Waals surface area (Å²) in [6.07, 6.45) is 2.63. The van der Waals surface area contributed by atoms with Crippen molar-refractivity contribution in [3.8, 4) is 5.75 Å². The van der Waals surface area contributed by atoms with Crippen molar-refractivity contribution < 1.29 is 9.53 Å². The van der Waals surface area contributed by atoms with Crippen LogP contribution in [0.3, 0.4) is 0 Å². The van der Waals surface area contributed by atoms with E-state index in [2.05, 4.69) is 16.0 Å². The van der Waals surface area contributed by atoms with Gasteiger partial charge in [0.15, 0.2) is 0 Å². The van der Waals surface area contributed by atoms with E-state index in [0.717, 1.165) is 25.0 Å². The quantitative estimate of drug-likeness (QED) is 0.633. The molecule has 0 saturated carbocycles. The fourth-order valence-electron chi connectivity index (χ4n) is 4.19. The number of hydrogen-bond donors (Lipinski definition) is 2. The summed E-state index contributed by atoms with van der Waals surface area (Å²) in [4.78, 5) is 42.8. The summed E-state index contributed by atoms with van der Waals surface area (Å²) in [7, 11) is 0. The van der Waals surface area contributed by atoms with E-state index in [-0.39, 0.29) is 11.5 Å². The van der Waals surface area contributed by atoms with Gasteiger partial charge < -0.3 is 19.6 Å². The van der Waals surface area contributed by atoms with Crippen molar-refractivity contribution in [2.75, 3.05) is 13.1 Å². The first-order chi connectivity index (χ1) is 13.5. The van der Waals surface area contributed by atoms with E-state index in [1.165, 1.54) is 5.56 Å². The molecule has 2 aliphatic heterocycles. The molecule has 1 amide bonds. The minimum absolute atomic E-state index is 0.103. The van der Waals surface area contributed by atoms with Crippen molar-refractivity contribution >= 4 is 16.9 Å². The highest BCUT2D eigenvalue weighted by atomic mass is 16.5. The zero-order valence-corrected chi connectivity index (χ0v) is 15.2. The van der Waals surface area contributed by atoms with Gasteiger partial charge in [0.25, 0.3) is 5.91 Å². The Hall–Kier alpha value is -3.35. The highest BCUT2D eigenvalue weighted by Gasteiger charge is 2.44. The van der Waals surface area contributed by atoms with Crippen molar-refractivity contribution in [2.45, 2.75) is 24.9 Å². The number of fused-ring (bicyclic) bond motifs is 2. The molecule has 1 fully saturated rings. The van der Waals surface area contributed by atoms with Crippen LogP contribution in [0.25, 0.3) is 11.0 Å². The Morgan fingerprint density at radius 3 is 2.64 bits per heavy atom. The summed E-state index contributed by atoms with van der Waals surface area (Å²) in [5.74, 6) is 0.809. The Bertz CT molecular complexity index is 1210. The Morgan fingerprint density at radius 2 is 1.79 bits per heavy atom. The molecular weight excluding hydrogens is 358 g/mol. The zero-order chi connectivity index (χ0) is 19.3. The maximum absolute atomic E-state index is 13.0. The van der Waals surface area contributed by atoms with Crippen LogP contribution in [0, 0.1) is 0 Å². The SMILES string of the molecule is O=C(c1ccc2[nH]c(=O)c(=O)[nH]c2c1)N1CCC2(CCc3ccccc3O2)C1. The Balaban J connectivity index is 1.40. The molecule has 0 aliphatic carbocycles. The van der Waals surface area contributed by atoms with Gasteiger partial charge in [0.2, 0.25) is 0 Å². The zero-order valence-electron chi connectivity index (χ0n) is 15.2. The molecule has 2 N–H and O–H groups in total. The number of aromatic nitrogens is 2. The smallest absolute Gasteiger partial charge is 0.314 e. The van der Waals surface area contributed by atoms with Crippen molar-refractivity contribution in [2.24, 2.45) is 0 Å². The number of para-hydroxylation sites is 1. The van der Waals surface area contributed by atoms with Crippen molar-refractivity contribution in [1.29, 1.82) is 0 Å². The average molecular weight is 377 g/mol. The molecule has 7 nitrogen and oxygen atoms in total. The minimum atomic E-state index is -0.730. The summed E-state index contributed by atoms with van der Waals surface area (Å²) >= 11 is 0. The number of ether oxygens (including phenoxy) is 1. The van der Waals surface area contributed by atoms with E-state index in [1.54, 1.807) is 23.1 Å². The predicted molar refractivity (Wildman–Crippen MR) is 104 cm³/mol. The van der Waals surface area contributed by atoms with E-state index in [4.69, 9.17) is 4.74 Å². The first-order valence-electron chi connectivity index (χ1n) is 9.36.